The van der Waals surface area contributed by atoms with Crippen LogP contribution in [0, 0.1) is 6.92 Å². The smallest absolute Gasteiger partial charge is 0.255 e. The first kappa shape index (κ1) is 14.8. The molecule has 3 aromatic heterocycles. The number of fused-ring (bicyclic) bond motifs is 1. The van der Waals surface area contributed by atoms with Gasteiger partial charge in [0.05, 0.1) is 11.6 Å². The zero-order chi connectivity index (χ0) is 16.5. The lowest BCUT2D eigenvalue weighted by Crippen LogP contribution is -2.48. The number of hydrogen-bond acceptors (Lipinski definition) is 5. The molecule has 7 heteroatoms. The Morgan fingerprint density at radius 2 is 2.21 bits per heavy atom. The zero-order valence-electron chi connectivity index (χ0n) is 13.4. The molecular formula is C17H18N6O. The molecule has 4 rings (SSSR count). The van der Waals surface area contributed by atoms with Gasteiger partial charge in [-0.05, 0) is 30.7 Å². The van der Waals surface area contributed by atoms with E-state index in [9.17, 15) is 4.79 Å². The second kappa shape index (κ2) is 6.01. The molecule has 1 atom stereocenters. The highest BCUT2D eigenvalue weighted by molar-refractivity contribution is 5.94. The van der Waals surface area contributed by atoms with Crippen molar-refractivity contribution in [2.24, 2.45) is 0 Å². The monoisotopic (exact) mass is 322 g/mol. The molecule has 1 aliphatic rings. The van der Waals surface area contributed by atoms with Gasteiger partial charge < -0.3 is 10.2 Å². The van der Waals surface area contributed by atoms with Crippen LogP contribution in [0.15, 0.2) is 42.9 Å². The van der Waals surface area contributed by atoms with Crippen molar-refractivity contribution in [1.29, 1.82) is 0 Å². The molecule has 1 unspecified atom stereocenters. The first-order valence-electron chi connectivity index (χ1n) is 7.97. The van der Waals surface area contributed by atoms with E-state index in [1.54, 1.807) is 6.20 Å². The van der Waals surface area contributed by atoms with Gasteiger partial charge in [0.2, 0.25) is 0 Å². The average molecular weight is 322 g/mol. The largest absolute Gasteiger partial charge is 0.329 e. The van der Waals surface area contributed by atoms with Crippen LogP contribution >= 0.6 is 0 Å². The minimum atomic E-state index is -0.0161. The molecule has 0 aliphatic carbocycles. The maximum atomic E-state index is 13.1. The minimum absolute atomic E-state index is 0.0142. The molecule has 3 aromatic rings. The molecule has 1 saturated heterocycles. The van der Waals surface area contributed by atoms with Crippen LogP contribution in [0.1, 0.15) is 27.8 Å². The third-order valence-corrected chi connectivity index (χ3v) is 4.39. The molecule has 0 bridgehead atoms. The third-order valence-electron chi connectivity index (χ3n) is 4.39. The highest BCUT2D eigenvalue weighted by Crippen LogP contribution is 2.23. The molecule has 1 N–H and O–H groups in total. The quantitative estimate of drug-likeness (QED) is 0.768. The molecule has 1 fully saturated rings. The van der Waals surface area contributed by atoms with Crippen LogP contribution in [0.2, 0.25) is 0 Å². The van der Waals surface area contributed by atoms with Gasteiger partial charge in [-0.25, -0.2) is 0 Å². The Balaban J connectivity index is 1.68. The van der Waals surface area contributed by atoms with Crippen molar-refractivity contribution in [2.75, 3.05) is 19.6 Å². The molecule has 7 nitrogen and oxygen atoms in total. The van der Waals surface area contributed by atoms with Crippen LogP contribution in [0.3, 0.4) is 0 Å². The number of amides is 1. The number of piperazine rings is 1. The van der Waals surface area contributed by atoms with Crippen LogP contribution in [0.5, 0.6) is 0 Å². The molecule has 122 valence electrons. The van der Waals surface area contributed by atoms with Gasteiger partial charge in [-0.2, -0.15) is 0 Å². The average Bonchev–Trinajstić information content (AvgIpc) is 3.02. The lowest BCUT2D eigenvalue weighted by Gasteiger charge is -2.36. The number of aryl methyl sites for hydroxylation is 1. The van der Waals surface area contributed by atoms with Gasteiger partial charge in [0.25, 0.3) is 5.91 Å². The van der Waals surface area contributed by atoms with Crippen molar-refractivity contribution in [2.45, 2.75) is 13.0 Å². The second-order valence-electron chi connectivity index (χ2n) is 5.90. The number of rotatable bonds is 2. The van der Waals surface area contributed by atoms with E-state index in [0.29, 0.717) is 12.1 Å². The zero-order valence-corrected chi connectivity index (χ0v) is 13.4. The Morgan fingerprint density at radius 1 is 1.29 bits per heavy atom. The fourth-order valence-electron chi connectivity index (χ4n) is 3.12. The minimum Gasteiger partial charge on any atom is -0.329 e. The van der Waals surface area contributed by atoms with E-state index in [1.165, 1.54) is 0 Å². The van der Waals surface area contributed by atoms with E-state index in [1.807, 2.05) is 52.9 Å². The number of carbonyl (C=O) groups is 1. The SMILES string of the molecule is Cc1nnc2ccc(C(=O)N3CCNCC3c3cccnc3)cn12. The normalized spacial score (nSPS) is 18.0. The number of hydrogen-bond donors (Lipinski definition) is 1. The van der Waals surface area contributed by atoms with Crippen molar-refractivity contribution in [3.63, 3.8) is 0 Å². The van der Waals surface area contributed by atoms with Gasteiger partial charge in [-0.15, -0.1) is 10.2 Å². The molecule has 0 radical (unpaired) electrons. The van der Waals surface area contributed by atoms with Crippen molar-refractivity contribution in [3.8, 4) is 0 Å². The number of nitrogens with one attached hydrogen (secondary N) is 1. The van der Waals surface area contributed by atoms with Crippen molar-refractivity contribution in [3.05, 3.63) is 59.8 Å². The molecule has 1 aliphatic heterocycles. The summed E-state index contributed by atoms with van der Waals surface area (Å²) in [5.74, 6) is 0.782. The maximum absolute atomic E-state index is 13.1. The highest BCUT2D eigenvalue weighted by Gasteiger charge is 2.29. The van der Waals surface area contributed by atoms with Crippen molar-refractivity contribution >= 4 is 11.6 Å². The lowest BCUT2D eigenvalue weighted by atomic mass is 10.0. The van der Waals surface area contributed by atoms with Gasteiger partial charge in [-0.3, -0.25) is 14.2 Å². The van der Waals surface area contributed by atoms with E-state index in [2.05, 4.69) is 20.5 Å². The fraction of sp³-hybridized carbons (Fsp3) is 0.294. The summed E-state index contributed by atoms with van der Waals surface area (Å²) in [6.45, 7) is 4.05. The highest BCUT2D eigenvalue weighted by atomic mass is 16.2. The number of pyridine rings is 2. The number of aromatic nitrogens is 4. The third kappa shape index (κ3) is 2.52. The first-order chi connectivity index (χ1) is 11.7. The van der Waals surface area contributed by atoms with E-state index in [4.69, 9.17) is 0 Å². The van der Waals surface area contributed by atoms with Crippen LogP contribution in [-0.4, -0.2) is 50.0 Å². The Bertz CT molecular complexity index is 875. The van der Waals surface area contributed by atoms with Gasteiger partial charge in [0, 0.05) is 38.2 Å². The van der Waals surface area contributed by atoms with Gasteiger partial charge in [0.1, 0.15) is 5.82 Å². The lowest BCUT2D eigenvalue weighted by molar-refractivity contribution is 0.0633. The summed E-state index contributed by atoms with van der Waals surface area (Å²) in [4.78, 5) is 19.2. The molecular weight excluding hydrogens is 304 g/mol. The standard InChI is InChI=1S/C17H18N6O/c1-12-20-21-16-5-4-14(11-23(12)16)17(24)22-8-7-19-10-15(22)13-3-2-6-18-9-13/h2-6,9,11,15,19H,7-8,10H2,1H3. The number of carbonyl (C=O) groups excluding carboxylic acids is 1. The van der Waals surface area contributed by atoms with Crippen LogP contribution in [0.4, 0.5) is 0 Å². The summed E-state index contributed by atoms with van der Waals surface area (Å²) >= 11 is 0. The maximum Gasteiger partial charge on any atom is 0.255 e. The predicted octanol–water partition coefficient (Wildman–Crippen LogP) is 1.22. The molecule has 0 aromatic carbocycles. The Hall–Kier alpha value is -2.80. The summed E-state index contributed by atoms with van der Waals surface area (Å²) in [6, 6.07) is 7.54. The summed E-state index contributed by atoms with van der Waals surface area (Å²) in [7, 11) is 0. The van der Waals surface area contributed by atoms with Crippen LogP contribution in [0.25, 0.3) is 5.65 Å². The van der Waals surface area contributed by atoms with Gasteiger partial charge in [0.15, 0.2) is 5.65 Å². The second-order valence-corrected chi connectivity index (χ2v) is 5.90. The molecule has 4 heterocycles. The van der Waals surface area contributed by atoms with Crippen molar-refractivity contribution < 1.29 is 4.79 Å². The summed E-state index contributed by atoms with van der Waals surface area (Å²) in [6.07, 6.45) is 5.38. The molecule has 1 amide bonds. The van der Waals surface area contributed by atoms with Crippen LogP contribution < -0.4 is 5.32 Å². The predicted molar refractivity (Wildman–Crippen MR) is 88.6 cm³/mol. The van der Waals surface area contributed by atoms with E-state index >= 15 is 0 Å². The Kier molecular flexibility index (Phi) is 3.70. The molecule has 24 heavy (non-hydrogen) atoms. The van der Waals surface area contributed by atoms with Gasteiger partial charge in [-0.1, -0.05) is 6.07 Å². The summed E-state index contributed by atoms with van der Waals surface area (Å²) < 4.78 is 1.84. The van der Waals surface area contributed by atoms with Crippen molar-refractivity contribution in [1.82, 2.24) is 29.8 Å². The fourth-order valence-corrected chi connectivity index (χ4v) is 3.12. The van der Waals surface area contributed by atoms with E-state index in [-0.39, 0.29) is 11.9 Å². The molecule has 0 saturated carbocycles. The summed E-state index contributed by atoms with van der Waals surface area (Å²) in [5.41, 5.74) is 2.42. The molecule has 0 spiro atoms. The first-order valence-corrected chi connectivity index (χ1v) is 7.97. The van der Waals surface area contributed by atoms with Gasteiger partial charge >= 0.3 is 0 Å². The Morgan fingerprint density at radius 3 is 3.04 bits per heavy atom. The van der Waals surface area contributed by atoms with E-state index < -0.39 is 0 Å². The summed E-state index contributed by atoms with van der Waals surface area (Å²) in [5, 5.41) is 11.5. The van der Waals surface area contributed by atoms with E-state index in [0.717, 1.165) is 30.1 Å². The number of nitrogens with zero attached hydrogens (tertiary/aromatic N) is 5. The Labute approximate surface area is 139 Å². The van der Waals surface area contributed by atoms with Crippen LogP contribution in [-0.2, 0) is 0 Å². The topological polar surface area (TPSA) is 75.4 Å².